The van der Waals surface area contributed by atoms with Gasteiger partial charge in [-0.05, 0) is 0 Å². The summed E-state index contributed by atoms with van der Waals surface area (Å²) in [7, 11) is 1.27. The van der Waals surface area contributed by atoms with Crippen molar-refractivity contribution in [3.05, 3.63) is 28.4 Å². The summed E-state index contributed by atoms with van der Waals surface area (Å²) < 4.78 is 4.53. The molecule has 0 fully saturated rings. The number of methoxy groups -OCH3 is 1. The Morgan fingerprint density at radius 2 is 2.29 bits per heavy atom. The Morgan fingerprint density at radius 3 is 3.00 bits per heavy atom. The quantitative estimate of drug-likeness (QED) is 0.626. The van der Waals surface area contributed by atoms with Gasteiger partial charge in [0.1, 0.15) is 16.6 Å². The molecule has 0 amide bonds. The summed E-state index contributed by atoms with van der Waals surface area (Å²) in [5.74, 6) is -0.519. The molecule has 0 bridgehead atoms. The third kappa shape index (κ3) is 1.08. The average Bonchev–Trinajstić information content (AvgIpc) is 2.62. The lowest BCUT2D eigenvalue weighted by Gasteiger charge is -1.94. The van der Waals surface area contributed by atoms with Gasteiger partial charge in [-0.3, -0.25) is 4.79 Å². The van der Waals surface area contributed by atoms with Crippen molar-refractivity contribution in [2.45, 2.75) is 0 Å². The maximum Gasteiger partial charge on any atom is 0.341 e. The van der Waals surface area contributed by atoms with E-state index in [4.69, 9.17) is 0 Å². The first-order valence-corrected chi connectivity index (χ1v) is 3.87. The maximum absolute atomic E-state index is 11.2. The van der Waals surface area contributed by atoms with Crippen molar-refractivity contribution in [1.29, 1.82) is 0 Å². The van der Waals surface area contributed by atoms with E-state index in [2.05, 4.69) is 19.7 Å². The van der Waals surface area contributed by atoms with E-state index in [1.165, 1.54) is 19.6 Å². The number of aromatic nitrogens is 3. The first kappa shape index (κ1) is 8.49. The summed E-state index contributed by atoms with van der Waals surface area (Å²) in [6.07, 6.45) is 2.64. The number of rotatable bonds is 1. The van der Waals surface area contributed by atoms with Crippen molar-refractivity contribution < 1.29 is 9.53 Å². The maximum atomic E-state index is 11.2. The minimum atomic E-state index is -0.519. The van der Waals surface area contributed by atoms with Crippen LogP contribution in [0.3, 0.4) is 0 Å². The first-order chi connectivity index (χ1) is 6.74. The number of ether oxygens (including phenoxy) is 1. The second-order valence-electron chi connectivity index (χ2n) is 2.65. The van der Waals surface area contributed by atoms with E-state index in [0.717, 1.165) is 0 Å². The van der Waals surface area contributed by atoms with Crippen LogP contribution in [0.15, 0.2) is 17.3 Å². The van der Waals surface area contributed by atoms with Crippen molar-refractivity contribution in [3.63, 3.8) is 0 Å². The van der Waals surface area contributed by atoms with Crippen molar-refractivity contribution in [2.75, 3.05) is 7.11 Å². The highest BCUT2D eigenvalue weighted by Gasteiger charge is 2.14. The molecule has 2 rings (SSSR count). The van der Waals surface area contributed by atoms with Gasteiger partial charge in [0, 0.05) is 6.20 Å². The number of nitrogens with one attached hydrogen (secondary N) is 2. The molecule has 2 aromatic heterocycles. The van der Waals surface area contributed by atoms with Crippen LogP contribution in [0.1, 0.15) is 10.4 Å². The Kier molecular flexibility index (Phi) is 1.81. The molecule has 0 radical (unpaired) electrons. The number of carbonyl (C=O) groups excluding carboxylic acids is 1. The summed E-state index contributed by atoms with van der Waals surface area (Å²) in [5, 5.41) is 0. The normalized spacial score (nSPS) is 10.4. The van der Waals surface area contributed by atoms with E-state index in [1.807, 2.05) is 0 Å². The molecule has 72 valence electrons. The van der Waals surface area contributed by atoms with Gasteiger partial charge in [0.2, 0.25) is 0 Å². The van der Waals surface area contributed by atoms with E-state index in [1.54, 1.807) is 0 Å². The summed E-state index contributed by atoms with van der Waals surface area (Å²) in [5.41, 5.74) is 0.534. The monoisotopic (exact) mass is 193 g/mol. The fraction of sp³-hybridized carbons (Fsp3) is 0.125. The number of nitrogens with zero attached hydrogens (tertiary/aromatic N) is 1. The van der Waals surface area contributed by atoms with Gasteiger partial charge < -0.3 is 14.7 Å². The zero-order valence-electron chi connectivity index (χ0n) is 7.33. The molecule has 0 aliphatic carbocycles. The lowest BCUT2D eigenvalue weighted by molar-refractivity contribution is 0.0603. The smallest absolute Gasteiger partial charge is 0.341 e. The third-order valence-electron chi connectivity index (χ3n) is 1.87. The molecule has 0 saturated heterocycles. The van der Waals surface area contributed by atoms with Gasteiger partial charge in [-0.25, -0.2) is 9.78 Å². The van der Waals surface area contributed by atoms with Crippen LogP contribution in [0.4, 0.5) is 0 Å². The molecule has 0 atom stereocenters. The zero-order valence-corrected chi connectivity index (χ0v) is 7.33. The molecule has 0 spiro atoms. The average molecular weight is 193 g/mol. The topological polar surface area (TPSA) is 87.8 Å². The Hall–Kier alpha value is -2.11. The van der Waals surface area contributed by atoms with Gasteiger partial charge in [0.05, 0.1) is 13.4 Å². The SMILES string of the molecule is COC(=O)c1c[nH]c2c(=O)[nH]cnc12. The van der Waals surface area contributed by atoms with Crippen LogP contribution in [0.25, 0.3) is 11.0 Å². The molecule has 14 heavy (non-hydrogen) atoms. The van der Waals surface area contributed by atoms with E-state index in [-0.39, 0.29) is 16.6 Å². The fourth-order valence-electron chi connectivity index (χ4n) is 1.22. The third-order valence-corrected chi connectivity index (χ3v) is 1.87. The van der Waals surface area contributed by atoms with Crippen LogP contribution >= 0.6 is 0 Å². The van der Waals surface area contributed by atoms with Crippen molar-refractivity contribution in [3.8, 4) is 0 Å². The molecule has 2 aromatic rings. The Labute approximate surface area is 77.9 Å². The highest BCUT2D eigenvalue weighted by Crippen LogP contribution is 2.11. The number of hydrogen-bond donors (Lipinski definition) is 2. The first-order valence-electron chi connectivity index (χ1n) is 3.87. The second kappa shape index (κ2) is 2.99. The lowest BCUT2D eigenvalue weighted by Crippen LogP contribution is -2.07. The molecule has 0 unspecified atom stereocenters. The molecular formula is C8H7N3O3. The van der Waals surface area contributed by atoms with Gasteiger partial charge >= 0.3 is 5.97 Å². The Balaban J connectivity index is 2.76. The molecule has 2 N–H and O–H groups in total. The molecule has 0 saturated carbocycles. The Morgan fingerprint density at radius 1 is 1.50 bits per heavy atom. The summed E-state index contributed by atoms with van der Waals surface area (Å²) in [4.78, 5) is 31.4. The summed E-state index contributed by atoms with van der Waals surface area (Å²) >= 11 is 0. The molecular weight excluding hydrogens is 186 g/mol. The van der Waals surface area contributed by atoms with Crippen LogP contribution in [-0.2, 0) is 4.74 Å². The summed E-state index contributed by atoms with van der Waals surface area (Å²) in [6.45, 7) is 0. The van der Waals surface area contributed by atoms with Gasteiger partial charge in [0.25, 0.3) is 5.56 Å². The number of carbonyl (C=O) groups is 1. The molecule has 0 aromatic carbocycles. The standard InChI is InChI=1S/C8H7N3O3/c1-14-8(13)4-2-9-6-5(4)10-3-11-7(6)12/h2-3,9H,1H3,(H,10,11,12). The molecule has 2 heterocycles. The van der Waals surface area contributed by atoms with Gasteiger partial charge in [-0.2, -0.15) is 0 Å². The fourth-order valence-corrected chi connectivity index (χ4v) is 1.22. The van der Waals surface area contributed by atoms with Crippen LogP contribution in [0.2, 0.25) is 0 Å². The number of hydrogen-bond acceptors (Lipinski definition) is 4. The lowest BCUT2D eigenvalue weighted by atomic mass is 10.3. The van der Waals surface area contributed by atoms with E-state index in [0.29, 0.717) is 5.52 Å². The van der Waals surface area contributed by atoms with Crippen LogP contribution in [0.5, 0.6) is 0 Å². The summed E-state index contributed by atoms with van der Waals surface area (Å²) in [6, 6.07) is 0. The number of H-pyrrole nitrogens is 2. The number of fused-ring (bicyclic) bond motifs is 1. The van der Waals surface area contributed by atoms with Crippen LogP contribution in [0, 0.1) is 0 Å². The molecule has 0 aliphatic heterocycles. The van der Waals surface area contributed by atoms with Crippen molar-refractivity contribution in [2.24, 2.45) is 0 Å². The van der Waals surface area contributed by atoms with Gasteiger partial charge in [0.15, 0.2) is 0 Å². The van der Waals surface area contributed by atoms with Gasteiger partial charge in [-0.15, -0.1) is 0 Å². The van der Waals surface area contributed by atoms with E-state index < -0.39 is 5.97 Å². The predicted octanol–water partition coefficient (Wildman–Crippen LogP) is 0.0378. The van der Waals surface area contributed by atoms with Crippen molar-refractivity contribution in [1.82, 2.24) is 15.0 Å². The molecule has 6 heteroatoms. The van der Waals surface area contributed by atoms with Crippen LogP contribution in [-0.4, -0.2) is 28.0 Å². The highest BCUT2D eigenvalue weighted by molar-refractivity contribution is 6.01. The zero-order chi connectivity index (χ0) is 10.1. The molecule has 6 nitrogen and oxygen atoms in total. The highest BCUT2D eigenvalue weighted by atomic mass is 16.5. The largest absolute Gasteiger partial charge is 0.465 e. The number of esters is 1. The van der Waals surface area contributed by atoms with Gasteiger partial charge in [-0.1, -0.05) is 0 Å². The minimum Gasteiger partial charge on any atom is -0.465 e. The minimum absolute atomic E-state index is 0.258. The second-order valence-corrected chi connectivity index (χ2v) is 2.65. The van der Waals surface area contributed by atoms with Crippen molar-refractivity contribution >= 4 is 17.0 Å². The van der Waals surface area contributed by atoms with E-state index in [9.17, 15) is 9.59 Å². The number of aromatic amines is 2. The molecule has 0 aliphatic rings. The van der Waals surface area contributed by atoms with E-state index >= 15 is 0 Å². The Bertz CT molecular complexity index is 540. The predicted molar refractivity (Wildman–Crippen MR) is 48.1 cm³/mol. The van der Waals surface area contributed by atoms with Crippen LogP contribution < -0.4 is 5.56 Å².